The van der Waals surface area contributed by atoms with E-state index in [-0.39, 0.29) is 5.97 Å². The number of anilines is 1. The van der Waals surface area contributed by atoms with Gasteiger partial charge in [-0.2, -0.15) is 0 Å². The second-order valence-corrected chi connectivity index (χ2v) is 5.42. The predicted octanol–water partition coefficient (Wildman–Crippen LogP) is 2.88. The first kappa shape index (κ1) is 16.9. The molecule has 0 aromatic heterocycles. The van der Waals surface area contributed by atoms with E-state index in [4.69, 9.17) is 10.5 Å². The van der Waals surface area contributed by atoms with Crippen LogP contribution < -0.4 is 5.73 Å². The van der Waals surface area contributed by atoms with E-state index in [1.165, 1.54) is 0 Å². The lowest BCUT2D eigenvalue weighted by Crippen LogP contribution is -2.25. The second-order valence-electron chi connectivity index (χ2n) is 4.32. The smallest absolute Gasteiger partial charge is 0.339 e. The molecule has 0 aliphatic rings. The summed E-state index contributed by atoms with van der Waals surface area (Å²) in [6.45, 7) is 9.52. The fraction of sp³-hybridized carbons (Fsp3) is 0.533. The molecule has 20 heavy (non-hydrogen) atoms. The van der Waals surface area contributed by atoms with Crippen molar-refractivity contribution in [3.8, 4) is 0 Å². The number of rotatable bonds is 8. The number of nitrogens with two attached hydrogens (primary N) is 1. The molecule has 4 nitrogen and oxygen atoms in total. The molecule has 112 valence electrons. The molecule has 2 N–H and O–H groups in total. The minimum atomic E-state index is -0.301. The number of ether oxygens (including phenoxy) is 1. The van der Waals surface area contributed by atoms with E-state index in [9.17, 15) is 4.79 Å². The highest BCUT2D eigenvalue weighted by Gasteiger charge is 2.15. The molecule has 0 saturated heterocycles. The van der Waals surface area contributed by atoms with Crippen LogP contribution in [0.2, 0.25) is 0 Å². The Morgan fingerprint density at radius 2 is 2.00 bits per heavy atom. The van der Waals surface area contributed by atoms with Crippen LogP contribution >= 0.6 is 11.8 Å². The number of hydrogen-bond acceptors (Lipinski definition) is 5. The lowest BCUT2D eigenvalue weighted by atomic mass is 10.2. The number of thioether (sulfide) groups is 1. The highest BCUT2D eigenvalue weighted by atomic mass is 32.2. The van der Waals surface area contributed by atoms with Gasteiger partial charge in [0, 0.05) is 22.9 Å². The summed E-state index contributed by atoms with van der Waals surface area (Å²) in [5.74, 6) is 0.604. The van der Waals surface area contributed by atoms with Gasteiger partial charge in [0.25, 0.3) is 0 Å². The van der Waals surface area contributed by atoms with E-state index < -0.39 is 0 Å². The third kappa shape index (κ3) is 4.72. The Labute approximate surface area is 125 Å². The molecule has 0 spiro atoms. The summed E-state index contributed by atoms with van der Waals surface area (Å²) in [6, 6.07) is 5.38. The number of benzene rings is 1. The molecule has 0 heterocycles. The molecule has 0 atom stereocenters. The number of hydrogen-bond donors (Lipinski definition) is 1. The highest BCUT2D eigenvalue weighted by Crippen LogP contribution is 2.29. The van der Waals surface area contributed by atoms with Gasteiger partial charge >= 0.3 is 5.97 Å². The first-order chi connectivity index (χ1) is 9.63. The maximum absolute atomic E-state index is 11.9. The Morgan fingerprint density at radius 3 is 2.60 bits per heavy atom. The van der Waals surface area contributed by atoms with Crippen LogP contribution in [0, 0.1) is 0 Å². The molecule has 0 fully saturated rings. The summed E-state index contributed by atoms with van der Waals surface area (Å²) in [6.07, 6.45) is 0. The van der Waals surface area contributed by atoms with Crippen LogP contribution in [0.1, 0.15) is 31.1 Å². The quantitative estimate of drug-likeness (QED) is 0.454. The first-order valence-electron chi connectivity index (χ1n) is 7.04. The molecule has 0 bridgehead atoms. The van der Waals surface area contributed by atoms with Gasteiger partial charge in [-0.3, -0.25) is 0 Å². The summed E-state index contributed by atoms with van der Waals surface area (Å²) >= 11 is 1.62. The van der Waals surface area contributed by atoms with Crippen LogP contribution in [-0.4, -0.2) is 42.9 Å². The first-order valence-corrected chi connectivity index (χ1v) is 8.03. The van der Waals surface area contributed by atoms with E-state index in [1.807, 2.05) is 6.07 Å². The lowest BCUT2D eigenvalue weighted by Gasteiger charge is -2.18. The molecule has 0 unspecified atom stereocenters. The van der Waals surface area contributed by atoms with E-state index >= 15 is 0 Å². The number of nitrogens with zero attached hydrogens (tertiary/aromatic N) is 1. The number of esters is 1. The molecule has 0 radical (unpaired) electrons. The van der Waals surface area contributed by atoms with Crippen molar-refractivity contribution in [2.75, 3.05) is 37.7 Å². The molecule has 0 saturated carbocycles. The van der Waals surface area contributed by atoms with Crippen LogP contribution in [0.25, 0.3) is 0 Å². The van der Waals surface area contributed by atoms with Gasteiger partial charge in [0.2, 0.25) is 0 Å². The minimum Gasteiger partial charge on any atom is -0.462 e. The van der Waals surface area contributed by atoms with Crippen molar-refractivity contribution in [3.63, 3.8) is 0 Å². The third-order valence-electron chi connectivity index (χ3n) is 3.09. The van der Waals surface area contributed by atoms with Gasteiger partial charge in [0.1, 0.15) is 0 Å². The molecule has 1 rings (SSSR count). The van der Waals surface area contributed by atoms with E-state index in [1.54, 1.807) is 30.8 Å². The summed E-state index contributed by atoms with van der Waals surface area (Å²) < 4.78 is 5.08. The zero-order valence-corrected chi connectivity index (χ0v) is 13.3. The van der Waals surface area contributed by atoms with Gasteiger partial charge in [-0.05, 0) is 32.1 Å². The Kier molecular flexibility index (Phi) is 7.47. The second kappa shape index (κ2) is 8.87. The van der Waals surface area contributed by atoms with Crippen LogP contribution in [0.15, 0.2) is 23.1 Å². The standard InChI is InChI=1S/C15H24N2O2S/c1-4-17(5-2)10-11-20-14-12(15(18)19-6-3)8-7-9-13(14)16/h7-9H,4-6,10-11,16H2,1-3H3. The Hall–Kier alpha value is -1.20. The highest BCUT2D eigenvalue weighted by molar-refractivity contribution is 7.99. The molecule has 0 aliphatic heterocycles. The summed E-state index contributed by atoms with van der Waals surface area (Å²) in [4.78, 5) is 15.1. The molecule has 0 aliphatic carbocycles. The van der Waals surface area contributed by atoms with Crippen molar-refractivity contribution >= 4 is 23.4 Å². The van der Waals surface area contributed by atoms with Crippen LogP contribution in [0.3, 0.4) is 0 Å². The predicted molar refractivity (Wildman–Crippen MR) is 85.3 cm³/mol. The van der Waals surface area contributed by atoms with Crippen LogP contribution in [0.4, 0.5) is 5.69 Å². The van der Waals surface area contributed by atoms with E-state index in [2.05, 4.69) is 18.7 Å². The fourth-order valence-electron chi connectivity index (χ4n) is 1.90. The van der Waals surface area contributed by atoms with Crippen molar-refractivity contribution in [2.45, 2.75) is 25.7 Å². The number of carbonyl (C=O) groups excluding carboxylic acids is 1. The maximum atomic E-state index is 11.9. The van der Waals surface area contributed by atoms with Gasteiger partial charge in [-0.25, -0.2) is 4.79 Å². The normalized spacial score (nSPS) is 10.8. The van der Waals surface area contributed by atoms with Crippen LogP contribution in [-0.2, 0) is 4.74 Å². The lowest BCUT2D eigenvalue weighted by molar-refractivity contribution is 0.0522. The van der Waals surface area contributed by atoms with Gasteiger partial charge in [-0.15, -0.1) is 11.8 Å². The number of carbonyl (C=O) groups is 1. The minimum absolute atomic E-state index is 0.301. The van der Waals surface area contributed by atoms with Crippen molar-refractivity contribution < 1.29 is 9.53 Å². The Bertz CT molecular complexity index is 434. The monoisotopic (exact) mass is 296 g/mol. The van der Waals surface area contributed by atoms with Crippen LogP contribution in [0.5, 0.6) is 0 Å². The van der Waals surface area contributed by atoms with Crippen molar-refractivity contribution in [2.24, 2.45) is 0 Å². The topological polar surface area (TPSA) is 55.6 Å². The van der Waals surface area contributed by atoms with E-state index in [0.717, 1.165) is 30.3 Å². The fourth-order valence-corrected chi connectivity index (χ4v) is 3.00. The number of nitrogen functional groups attached to an aromatic ring is 1. The zero-order chi connectivity index (χ0) is 15.0. The maximum Gasteiger partial charge on any atom is 0.339 e. The summed E-state index contributed by atoms with van der Waals surface area (Å²) in [7, 11) is 0. The van der Waals surface area contributed by atoms with Gasteiger partial charge in [0.05, 0.1) is 12.2 Å². The molecular weight excluding hydrogens is 272 g/mol. The Morgan fingerprint density at radius 1 is 1.30 bits per heavy atom. The largest absolute Gasteiger partial charge is 0.462 e. The van der Waals surface area contributed by atoms with Gasteiger partial charge in [-0.1, -0.05) is 19.9 Å². The van der Waals surface area contributed by atoms with Crippen molar-refractivity contribution in [1.82, 2.24) is 4.90 Å². The van der Waals surface area contributed by atoms with E-state index in [0.29, 0.717) is 17.9 Å². The Balaban J connectivity index is 2.75. The SMILES string of the molecule is CCOC(=O)c1cccc(N)c1SCCN(CC)CC. The molecular formula is C15H24N2O2S. The molecule has 1 aromatic carbocycles. The average Bonchev–Trinajstić information content (AvgIpc) is 2.45. The van der Waals surface area contributed by atoms with Gasteiger partial charge in [0.15, 0.2) is 0 Å². The summed E-state index contributed by atoms with van der Waals surface area (Å²) in [5.41, 5.74) is 7.20. The summed E-state index contributed by atoms with van der Waals surface area (Å²) in [5, 5.41) is 0. The average molecular weight is 296 g/mol. The third-order valence-corrected chi connectivity index (χ3v) is 4.22. The zero-order valence-electron chi connectivity index (χ0n) is 12.5. The van der Waals surface area contributed by atoms with Crippen molar-refractivity contribution in [3.05, 3.63) is 23.8 Å². The molecule has 1 aromatic rings. The van der Waals surface area contributed by atoms with Gasteiger partial charge < -0.3 is 15.4 Å². The molecule has 5 heteroatoms. The molecule has 0 amide bonds. The van der Waals surface area contributed by atoms with Crippen molar-refractivity contribution in [1.29, 1.82) is 0 Å².